The molecule has 2 fully saturated rings. The van der Waals surface area contributed by atoms with Crippen LogP contribution in [0.3, 0.4) is 0 Å². The van der Waals surface area contributed by atoms with Crippen LogP contribution in [0.2, 0.25) is 5.02 Å². The first-order valence-corrected chi connectivity index (χ1v) is 14.3. The molecule has 0 spiro atoms. The van der Waals surface area contributed by atoms with Gasteiger partial charge >= 0.3 is 0 Å². The Morgan fingerprint density at radius 3 is 2.77 bits per heavy atom. The summed E-state index contributed by atoms with van der Waals surface area (Å²) in [7, 11) is 0. The van der Waals surface area contributed by atoms with E-state index >= 15 is 0 Å². The molecule has 3 aromatic heterocycles. The first-order valence-electron chi connectivity index (χ1n) is 14.0. The molecule has 1 aromatic carbocycles. The average Bonchev–Trinajstić information content (AvgIpc) is 3.53. The Hall–Kier alpha value is -3.31. The quantitative estimate of drug-likeness (QED) is 0.282. The summed E-state index contributed by atoms with van der Waals surface area (Å²) in [4.78, 5) is 21.1. The maximum absolute atomic E-state index is 10.0. The van der Waals surface area contributed by atoms with E-state index in [0.29, 0.717) is 47.4 Å². The minimum Gasteiger partial charge on any atom is -0.492 e. The number of imidazole rings is 1. The molecule has 0 bridgehead atoms. The second-order valence-electron chi connectivity index (χ2n) is 10.6. The number of aryl methyl sites for hydroxylation is 1. The van der Waals surface area contributed by atoms with Crippen molar-refractivity contribution in [2.24, 2.45) is 0 Å². The fraction of sp³-hybridized carbons (Fsp3) is 0.448. The highest BCUT2D eigenvalue weighted by Crippen LogP contribution is 2.35. The van der Waals surface area contributed by atoms with Crippen molar-refractivity contribution in [3.05, 3.63) is 59.1 Å². The Balaban J connectivity index is 1.31. The van der Waals surface area contributed by atoms with E-state index in [0.717, 1.165) is 68.1 Å². The lowest BCUT2D eigenvalue weighted by atomic mass is 10.2. The number of pyridine rings is 1. The van der Waals surface area contributed by atoms with Crippen LogP contribution in [0, 0.1) is 6.92 Å². The van der Waals surface area contributed by atoms with Gasteiger partial charge in [0.2, 0.25) is 0 Å². The third-order valence-electron chi connectivity index (χ3n) is 7.64. The zero-order valence-corrected chi connectivity index (χ0v) is 23.4. The maximum atomic E-state index is 10.0. The first kappa shape index (κ1) is 26.9. The van der Waals surface area contributed by atoms with Gasteiger partial charge < -0.3 is 25.0 Å². The van der Waals surface area contributed by atoms with E-state index in [1.54, 1.807) is 6.33 Å². The highest BCUT2D eigenvalue weighted by atomic mass is 35.5. The molecule has 6 rings (SSSR count). The molecule has 1 saturated carbocycles. The average molecular weight is 563 g/mol. The minimum absolute atomic E-state index is 0.140. The fourth-order valence-electron chi connectivity index (χ4n) is 5.52. The van der Waals surface area contributed by atoms with E-state index in [1.807, 2.05) is 35.0 Å². The Bertz CT molecular complexity index is 1470. The first-order chi connectivity index (χ1) is 19.5. The van der Waals surface area contributed by atoms with Crippen LogP contribution in [0.15, 0.2) is 42.9 Å². The number of aliphatic hydroxyl groups excluding tert-OH is 1. The number of nitrogens with zero attached hydrogens (tertiary/aromatic N) is 6. The van der Waals surface area contributed by atoms with Crippen LogP contribution in [-0.2, 0) is 6.54 Å². The topological polar surface area (TPSA) is 113 Å². The lowest BCUT2D eigenvalue weighted by Gasteiger charge is -2.26. The number of aliphatic hydroxyl groups is 1. The molecular weight excluding hydrogens is 528 g/mol. The molecule has 10 nitrogen and oxygen atoms in total. The van der Waals surface area contributed by atoms with Crippen molar-refractivity contribution >= 4 is 28.6 Å². The van der Waals surface area contributed by atoms with E-state index < -0.39 is 0 Å². The molecule has 1 aliphatic carbocycles. The number of ether oxygens (including phenoxy) is 1. The molecule has 11 heteroatoms. The molecule has 40 heavy (non-hydrogen) atoms. The van der Waals surface area contributed by atoms with Gasteiger partial charge in [0.1, 0.15) is 24.5 Å². The molecule has 1 aliphatic heterocycles. The van der Waals surface area contributed by atoms with Crippen LogP contribution in [0.4, 0.5) is 5.82 Å². The molecule has 1 saturated heterocycles. The SMILES string of the molecule is Cc1ccnc(Cn2c(-c3ccc(OCCN4CCNCC4)cc3Cl)nc3c(N[C@@H]4CC[C@H](O)C4)ncnc32)c1. The van der Waals surface area contributed by atoms with Crippen molar-refractivity contribution in [3.8, 4) is 17.1 Å². The van der Waals surface area contributed by atoms with E-state index in [2.05, 4.69) is 43.5 Å². The third-order valence-corrected chi connectivity index (χ3v) is 7.95. The minimum atomic E-state index is -0.285. The number of anilines is 1. The van der Waals surface area contributed by atoms with Crippen LogP contribution in [-0.4, -0.2) is 86.0 Å². The smallest absolute Gasteiger partial charge is 0.166 e. The third kappa shape index (κ3) is 6.05. The van der Waals surface area contributed by atoms with Gasteiger partial charge in [-0.25, -0.2) is 15.0 Å². The van der Waals surface area contributed by atoms with Crippen molar-refractivity contribution in [1.29, 1.82) is 0 Å². The van der Waals surface area contributed by atoms with Crippen LogP contribution >= 0.6 is 11.6 Å². The molecule has 0 unspecified atom stereocenters. The Morgan fingerprint density at radius 1 is 1.12 bits per heavy atom. The monoisotopic (exact) mass is 562 g/mol. The molecule has 4 heterocycles. The van der Waals surface area contributed by atoms with Crippen molar-refractivity contribution < 1.29 is 9.84 Å². The fourth-order valence-corrected chi connectivity index (χ4v) is 5.78. The van der Waals surface area contributed by atoms with Crippen LogP contribution in [0.25, 0.3) is 22.6 Å². The van der Waals surface area contributed by atoms with Crippen LogP contribution in [0.5, 0.6) is 5.75 Å². The van der Waals surface area contributed by atoms with Gasteiger partial charge in [-0.15, -0.1) is 0 Å². The standard InChI is InChI=1S/C29H35ClN8O2/c1-19-6-7-32-21(14-19)17-38-28(36-26-27(33-18-34-29(26)38)35-20-2-3-22(39)15-20)24-5-4-23(16-25(24)30)40-13-12-37-10-8-31-9-11-37/h4-7,14,16,18,20,22,31,39H,2-3,8-13,15,17H2,1H3,(H,33,34,35)/t20-,22+/m1/s1. The molecule has 4 aromatic rings. The van der Waals surface area contributed by atoms with Gasteiger partial charge in [0.25, 0.3) is 0 Å². The van der Waals surface area contributed by atoms with Crippen molar-refractivity contribution in [3.63, 3.8) is 0 Å². The van der Waals surface area contributed by atoms with E-state index in [9.17, 15) is 5.11 Å². The van der Waals surface area contributed by atoms with Gasteiger partial charge in [-0.1, -0.05) is 11.6 Å². The number of piperazine rings is 1. The highest BCUT2D eigenvalue weighted by molar-refractivity contribution is 6.33. The molecular formula is C29H35ClN8O2. The zero-order chi connectivity index (χ0) is 27.5. The van der Waals surface area contributed by atoms with E-state index in [4.69, 9.17) is 21.3 Å². The van der Waals surface area contributed by atoms with Crippen LogP contribution in [0.1, 0.15) is 30.5 Å². The zero-order valence-electron chi connectivity index (χ0n) is 22.7. The lowest BCUT2D eigenvalue weighted by Crippen LogP contribution is -2.44. The second kappa shape index (κ2) is 12.1. The van der Waals surface area contributed by atoms with Gasteiger partial charge in [-0.05, 0) is 62.1 Å². The predicted molar refractivity (Wildman–Crippen MR) is 156 cm³/mol. The number of hydrogen-bond acceptors (Lipinski definition) is 9. The van der Waals surface area contributed by atoms with Gasteiger partial charge in [0, 0.05) is 50.5 Å². The summed E-state index contributed by atoms with van der Waals surface area (Å²) in [5.41, 5.74) is 4.18. The normalized spacial score (nSPS) is 19.8. The molecule has 2 aliphatic rings. The number of fused-ring (bicyclic) bond motifs is 1. The van der Waals surface area contributed by atoms with Crippen molar-refractivity contribution in [1.82, 2.24) is 34.7 Å². The van der Waals surface area contributed by atoms with Crippen molar-refractivity contribution in [2.75, 3.05) is 44.6 Å². The molecule has 0 amide bonds. The maximum Gasteiger partial charge on any atom is 0.166 e. The second-order valence-corrected chi connectivity index (χ2v) is 11.0. The van der Waals surface area contributed by atoms with Gasteiger partial charge in [-0.2, -0.15) is 0 Å². The molecule has 3 N–H and O–H groups in total. The van der Waals surface area contributed by atoms with Gasteiger partial charge in [-0.3, -0.25) is 9.88 Å². The number of halogens is 1. The van der Waals surface area contributed by atoms with Crippen molar-refractivity contribution in [2.45, 2.75) is 44.9 Å². The number of hydrogen-bond donors (Lipinski definition) is 3. The van der Waals surface area contributed by atoms with E-state index in [-0.39, 0.29) is 12.1 Å². The summed E-state index contributed by atoms with van der Waals surface area (Å²) in [5.74, 6) is 2.07. The number of aromatic nitrogens is 5. The summed E-state index contributed by atoms with van der Waals surface area (Å²) >= 11 is 6.87. The summed E-state index contributed by atoms with van der Waals surface area (Å²) < 4.78 is 8.09. The number of nitrogens with one attached hydrogen (secondary N) is 2. The Kier molecular flexibility index (Phi) is 8.10. The Morgan fingerprint density at radius 2 is 2.00 bits per heavy atom. The predicted octanol–water partition coefficient (Wildman–Crippen LogP) is 3.51. The highest BCUT2D eigenvalue weighted by Gasteiger charge is 2.25. The molecule has 2 atom stereocenters. The molecule has 210 valence electrons. The van der Waals surface area contributed by atoms with Crippen LogP contribution < -0.4 is 15.4 Å². The number of benzene rings is 1. The largest absolute Gasteiger partial charge is 0.492 e. The number of rotatable bonds is 9. The Labute approximate surface area is 238 Å². The van der Waals surface area contributed by atoms with E-state index in [1.165, 1.54) is 0 Å². The van der Waals surface area contributed by atoms with Gasteiger partial charge in [0.15, 0.2) is 17.0 Å². The summed E-state index contributed by atoms with van der Waals surface area (Å²) in [5, 5.41) is 17.4. The summed E-state index contributed by atoms with van der Waals surface area (Å²) in [6, 6.07) is 9.94. The molecule has 0 radical (unpaired) electrons. The summed E-state index contributed by atoms with van der Waals surface area (Å²) in [6.07, 6.45) is 5.44. The summed E-state index contributed by atoms with van der Waals surface area (Å²) in [6.45, 7) is 8.13. The lowest BCUT2D eigenvalue weighted by molar-refractivity contribution is 0.182. The van der Waals surface area contributed by atoms with Gasteiger partial charge in [0.05, 0.1) is 23.4 Å².